The predicted octanol–water partition coefficient (Wildman–Crippen LogP) is 0.938. The maximum Gasteiger partial charge on any atom is 0.322 e. The van der Waals surface area contributed by atoms with Crippen molar-refractivity contribution in [2.24, 2.45) is 0 Å². The number of rotatable bonds is 5. The molecule has 0 aromatic carbocycles. The Labute approximate surface area is 68.1 Å². The summed E-state index contributed by atoms with van der Waals surface area (Å²) < 4.78 is 4.93. The summed E-state index contributed by atoms with van der Waals surface area (Å²) in [6.07, 6.45) is 2.00. The minimum Gasteiger partial charge on any atom is -0.465 e. The lowest BCUT2D eigenvalue weighted by Crippen LogP contribution is -2.32. The molecule has 0 rings (SSSR count). The molecule has 1 atom stereocenters. The van der Waals surface area contributed by atoms with Crippen LogP contribution in [0.15, 0.2) is 0 Å². The fourth-order valence-electron chi connectivity index (χ4n) is 0.560. The average molecular weight is 159 g/mol. The van der Waals surface area contributed by atoms with E-state index >= 15 is 0 Å². The first-order valence-corrected chi connectivity index (χ1v) is 4.06. The first-order chi connectivity index (χ1) is 5.22. The van der Waals surface area contributed by atoms with Crippen molar-refractivity contribution < 1.29 is 9.53 Å². The van der Waals surface area contributed by atoms with Gasteiger partial charge in [0.15, 0.2) is 0 Å². The molecule has 0 aliphatic carbocycles. The minimum atomic E-state index is -0.188. The molecule has 0 amide bonds. The van der Waals surface area contributed by atoms with Crippen LogP contribution >= 0.6 is 0 Å². The number of hydrogen-bond acceptors (Lipinski definition) is 3. The first-order valence-electron chi connectivity index (χ1n) is 4.06. The summed E-state index contributed by atoms with van der Waals surface area (Å²) in [6.45, 7) is 4.39. The van der Waals surface area contributed by atoms with Gasteiger partial charge in [0.1, 0.15) is 6.04 Å². The van der Waals surface area contributed by atoms with Crippen LogP contribution in [0.2, 0.25) is 0 Å². The van der Waals surface area contributed by atoms with Gasteiger partial charge < -0.3 is 10.1 Å². The summed E-state index contributed by atoms with van der Waals surface area (Å²) in [6, 6.07) is -0.188. The van der Waals surface area contributed by atoms with Crippen LogP contribution in [0.5, 0.6) is 0 Å². The third-order valence-electron chi connectivity index (χ3n) is 1.53. The van der Waals surface area contributed by atoms with E-state index in [9.17, 15) is 4.79 Å². The molecule has 0 saturated heterocycles. The molecule has 0 aromatic rings. The maximum absolute atomic E-state index is 11.0. The monoisotopic (exact) mass is 159 g/mol. The number of hydrogen-bond donors (Lipinski definition) is 1. The Kier molecular flexibility index (Phi) is 5.84. The van der Waals surface area contributed by atoms with Crippen molar-refractivity contribution in [2.75, 3.05) is 13.7 Å². The molecular formula is C8H17NO2. The largest absolute Gasteiger partial charge is 0.465 e. The zero-order valence-corrected chi connectivity index (χ0v) is 7.52. The maximum atomic E-state index is 11.0. The lowest BCUT2D eigenvalue weighted by atomic mass is 10.3. The molecule has 0 spiro atoms. The van der Waals surface area contributed by atoms with Crippen molar-refractivity contribution in [3.8, 4) is 0 Å². The van der Waals surface area contributed by atoms with E-state index in [-0.39, 0.29) is 12.0 Å². The Bertz CT molecular complexity index is 115. The zero-order valence-electron chi connectivity index (χ0n) is 7.52. The molecule has 0 bridgehead atoms. The fourth-order valence-corrected chi connectivity index (χ4v) is 0.560. The quantitative estimate of drug-likeness (QED) is 0.479. The summed E-state index contributed by atoms with van der Waals surface area (Å²) in [5, 5.41) is 2.82. The Morgan fingerprint density at radius 3 is 2.73 bits per heavy atom. The van der Waals surface area contributed by atoms with Crippen LogP contribution in [0.25, 0.3) is 0 Å². The van der Waals surface area contributed by atoms with Crippen molar-refractivity contribution in [1.82, 2.24) is 5.32 Å². The minimum absolute atomic E-state index is 0.166. The molecule has 0 saturated carbocycles. The van der Waals surface area contributed by atoms with E-state index in [0.29, 0.717) is 6.61 Å². The third kappa shape index (κ3) is 4.79. The normalized spacial score (nSPS) is 12.6. The lowest BCUT2D eigenvalue weighted by Gasteiger charge is -2.09. The van der Waals surface area contributed by atoms with E-state index in [1.165, 1.54) is 0 Å². The molecule has 0 aliphatic heterocycles. The van der Waals surface area contributed by atoms with Gasteiger partial charge in [-0.25, -0.2) is 0 Å². The van der Waals surface area contributed by atoms with Gasteiger partial charge in [-0.05, 0) is 20.4 Å². The van der Waals surface area contributed by atoms with Crippen LogP contribution < -0.4 is 5.32 Å². The van der Waals surface area contributed by atoms with Gasteiger partial charge in [-0.1, -0.05) is 13.3 Å². The van der Waals surface area contributed by atoms with Crippen molar-refractivity contribution in [3.63, 3.8) is 0 Å². The highest BCUT2D eigenvalue weighted by Crippen LogP contribution is 1.91. The van der Waals surface area contributed by atoms with Crippen LogP contribution in [0, 0.1) is 0 Å². The van der Waals surface area contributed by atoms with Gasteiger partial charge in [-0.15, -0.1) is 0 Å². The predicted molar refractivity (Wildman–Crippen MR) is 44.4 cm³/mol. The van der Waals surface area contributed by atoms with Crippen LogP contribution in [0.4, 0.5) is 0 Å². The Balaban J connectivity index is 3.36. The lowest BCUT2D eigenvalue weighted by molar-refractivity contribution is -0.145. The van der Waals surface area contributed by atoms with Crippen LogP contribution in [-0.2, 0) is 9.53 Å². The summed E-state index contributed by atoms with van der Waals surface area (Å²) in [4.78, 5) is 11.0. The summed E-state index contributed by atoms with van der Waals surface area (Å²) in [5.41, 5.74) is 0. The van der Waals surface area contributed by atoms with E-state index in [1.807, 2.05) is 0 Å². The summed E-state index contributed by atoms with van der Waals surface area (Å²) in [7, 11) is 1.74. The molecular weight excluding hydrogens is 142 g/mol. The number of esters is 1. The standard InChI is InChI=1S/C8H17NO2/c1-4-5-6-11-8(10)7(2)9-3/h7,9H,4-6H2,1-3H3. The number of carbonyl (C=O) groups is 1. The summed E-state index contributed by atoms with van der Waals surface area (Å²) in [5.74, 6) is -0.166. The Morgan fingerprint density at radius 1 is 1.64 bits per heavy atom. The number of nitrogens with one attached hydrogen (secondary N) is 1. The van der Waals surface area contributed by atoms with Crippen molar-refractivity contribution >= 4 is 5.97 Å². The topological polar surface area (TPSA) is 38.3 Å². The van der Waals surface area contributed by atoms with Crippen LogP contribution in [-0.4, -0.2) is 25.7 Å². The molecule has 11 heavy (non-hydrogen) atoms. The molecule has 0 aliphatic rings. The number of likely N-dealkylation sites (N-methyl/N-ethyl adjacent to an activating group) is 1. The molecule has 66 valence electrons. The average Bonchev–Trinajstić information content (AvgIpc) is 2.03. The zero-order chi connectivity index (χ0) is 8.69. The van der Waals surface area contributed by atoms with Crippen molar-refractivity contribution in [1.29, 1.82) is 0 Å². The van der Waals surface area contributed by atoms with Gasteiger partial charge in [0.2, 0.25) is 0 Å². The van der Waals surface area contributed by atoms with E-state index in [0.717, 1.165) is 12.8 Å². The highest BCUT2D eigenvalue weighted by atomic mass is 16.5. The van der Waals surface area contributed by atoms with Crippen LogP contribution in [0.3, 0.4) is 0 Å². The fraction of sp³-hybridized carbons (Fsp3) is 0.875. The Hall–Kier alpha value is -0.570. The highest BCUT2D eigenvalue weighted by molar-refractivity contribution is 5.75. The number of ether oxygens (including phenoxy) is 1. The van der Waals surface area contributed by atoms with Gasteiger partial charge in [0.25, 0.3) is 0 Å². The molecule has 3 heteroatoms. The van der Waals surface area contributed by atoms with E-state index < -0.39 is 0 Å². The first kappa shape index (κ1) is 10.4. The molecule has 1 unspecified atom stereocenters. The highest BCUT2D eigenvalue weighted by Gasteiger charge is 2.10. The van der Waals surface area contributed by atoms with Gasteiger partial charge in [0.05, 0.1) is 6.61 Å². The second-order valence-corrected chi connectivity index (χ2v) is 2.53. The molecule has 3 nitrogen and oxygen atoms in total. The van der Waals surface area contributed by atoms with Crippen molar-refractivity contribution in [2.45, 2.75) is 32.7 Å². The van der Waals surface area contributed by atoms with Gasteiger partial charge in [-0.2, -0.15) is 0 Å². The number of carbonyl (C=O) groups excluding carboxylic acids is 1. The van der Waals surface area contributed by atoms with Gasteiger partial charge >= 0.3 is 5.97 Å². The van der Waals surface area contributed by atoms with Gasteiger partial charge in [-0.3, -0.25) is 4.79 Å². The molecule has 0 fully saturated rings. The van der Waals surface area contributed by atoms with E-state index in [1.54, 1.807) is 14.0 Å². The smallest absolute Gasteiger partial charge is 0.322 e. The third-order valence-corrected chi connectivity index (χ3v) is 1.53. The Morgan fingerprint density at radius 2 is 2.27 bits per heavy atom. The van der Waals surface area contributed by atoms with Gasteiger partial charge in [0, 0.05) is 0 Å². The second kappa shape index (κ2) is 6.16. The molecule has 0 heterocycles. The SMILES string of the molecule is CCCCOC(=O)C(C)NC. The summed E-state index contributed by atoms with van der Waals surface area (Å²) >= 11 is 0. The second-order valence-electron chi connectivity index (χ2n) is 2.53. The molecule has 0 radical (unpaired) electrons. The number of unbranched alkanes of at least 4 members (excludes halogenated alkanes) is 1. The van der Waals surface area contributed by atoms with Crippen LogP contribution in [0.1, 0.15) is 26.7 Å². The van der Waals surface area contributed by atoms with Crippen molar-refractivity contribution in [3.05, 3.63) is 0 Å². The molecule has 1 N–H and O–H groups in total. The van der Waals surface area contributed by atoms with E-state index in [2.05, 4.69) is 12.2 Å². The van der Waals surface area contributed by atoms with E-state index in [4.69, 9.17) is 4.74 Å². The molecule has 0 aromatic heterocycles.